The molecule has 2 aliphatic rings. The zero-order chi connectivity index (χ0) is 21.4. The summed E-state index contributed by atoms with van der Waals surface area (Å²) in [4.78, 5) is 30.6. The molecule has 6 heteroatoms. The lowest BCUT2D eigenvalue weighted by molar-refractivity contribution is -0.117. The summed E-state index contributed by atoms with van der Waals surface area (Å²) in [7, 11) is 0. The molecule has 1 aliphatic carbocycles. The molecular weight excluding hydrogens is 381 g/mol. The zero-order valence-corrected chi connectivity index (χ0v) is 17.3. The molecule has 2 atom stereocenters. The monoisotopic (exact) mass is 405 g/mol. The first kappa shape index (κ1) is 20.0. The third-order valence-electron chi connectivity index (χ3n) is 5.61. The molecule has 0 unspecified atom stereocenters. The van der Waals surface area contributed by atoms with Gasteiger partial charge in [0.15, 0.2) is 5.78 Å². The van der Waals surface area contributed by atoms with Gasteiger partial charge in [0.05, 0.1) is 0 Å². The van der Waals surface area contributed by atoms with Crippen LogP contribution in [-0.2, 0) is 9.59 Å². The number of aromatic nitrogens is 1. The van der Waals surface area contributed by atoms with Crippen LogP contribution in [0.1, 0.15) is 43.7 Å². The van der Waals surface area contributed by atoms with Gasteiger partial charge in [-0.15, -0.1) is 0 Å². The van der Waals surface area contributed by atoms with Crippen LogP contribution >= 0.6 is 0 Å². The number of nitrogens with one attached hydrogen (secondary N) is 2. The first-order chi connectivity index (χ1) is 14.3. The summed E-state index contributed by atoms with van der Waals surface area (Å²) in [6, 6.07) is 9.72. The lowest BCUT2D eigenvalue weighted by Crippen LogP contribution is -2.37. The highest BCUT2D eigenvalue weighted by molar-refractivity contribution is 6.09. The van der Waals surface area contributed by atoms with Gasteiger partial charge in [-0.3, -0.25) is 9.59 Å². The van der Waals surface area contributed by atoms with E-state index in [1.54, 1.807) is 24.4 Å². The Kier molecular flexibility index (Phi) is 5.24. The third-order valence-corrected chi connectivity index (χ3v) is 5.61. The van der Waals surface area contributed by atoms with E-state index in [2.05, 4.69) is 15.6 Å². The molecule has 0 saturated heterocycles. The fourth-order valence-electron chi connectivity index (χ4n) is 4.28. The molecule has 0 radical (unpaired) electrons. The Hall–Kier alpha value is -3.28. The molecule has 1 aromatic heterocycles. The van der Waals surface area contributed by atoms with Gasteiger partial charge in [-0.2, -0.15) is 0 Å². The van der Waals surface area contributed by atoms with Gasteiger partial charge in [-0.25, -0.2) is 9.37 Å². The van der Waals surface area contributed by atoms with E-state index in [0.717, 1.165) is 17.7 Å². The van der Waals surface area contributed by atoms with Crippen LogP contribution in [0.25, 0.3) is 0 Å². The van der Waals surface area contributed by atoms with Crippen molar-refractivity contribution in [1.82, 2.24) is 10.3 Å². The number of ketones is 1. The van der Waals surface area contributed by atoms with Crippen molar-refractivity contribution in [1.29, 1.82) is 0 Å². The molecule has 5 nitrogen and oxygen atoms in total. The van der Waals surface area contributed by atoms with Crippen molar-refractivity contribution >= 4 is 17.5 Å². The summed E-state index contributed by atoms with van der Waals surface area (Å²) in [5.41, 5.74) is 4.03. The number of aryl methyl sites for hydroxylation is 1. The number of dihydropyridines is 1. The Morgan fingerprint density at radius 1 is 1.20 bits per heavy atom. The van der Waals surface area contributed by atoms with Crippen molar-refractivity contribution < 1.29 is 14.0 Å². The Bertz CT molecular complexity index is 1090. The Labute approximate surface area is 175 Å². The number of anilines is 1. The number of carbonyl (C=O) groups is 2. The minimum atomic E-state index is -0.623. The molecule has 30 heavy (non-hydrogen) atoms. The van der Waals surface area contributed by atoms with Gasteiger partial charge in [0.1, 0.15) is 11.6 Å². The van der Waals surface area contributed by atoms with E-state index in [0.29, 0.717) is 34.6 Å². The number of nitrogens with zero attached hydrogens (tertiary/aromatic N) is 1. The number of benzene rings is 1. The fraction of sp³-hybridized carbons (Fsp3) is 0.292. The highest BCUT2D eigenvalue weighted by Gasteiger charge is 2.40. The van der Waals surface area contributed by atoms with Crippen molar-refractivity contribution in [2.24, 2.45) is 5.92 Å². The predicted octanol–water partition coefficient (Wildman–Crippen LogP) is 4.38. The molecule has 1 amide bonds. The third kappa shape index (κ3) is 3.77. The number of amides is 1. The molecule has 1 aliphatic heterocycles. The number of hydrogen-bond donors (Lipinski definition) is 2. The van der Waals surface area contributed by atoms with E-state index in [1.165, 1.54) is 12.1 Å². The highest BCUT2D eigenvalue weighted by Crippen LogP contribution is 2.43. The second-order valence-corrected chi connectivity index (χ2v) is 8.16. The molecule has 0 saturated carbocycles. The molecule has 154 valence electrons. The quantitative estimate of drug-likeness (QED) is 0.795. The smallest absolute Gasteiger partial charge is 0.255 e. The summed E-state index contributed by atoms with van der Waals surface area (Å²) in [5, 5.41) is 6.11. The maximum atomic E-state index is 14.1. The van der Waals surface area contributed by atoms with Crippen LogP contribution in [0.2, 0.25) is 0 Å². The first-order valence-corrected chi connectivity index (χ1v) is 10.1. The molecule has 1 aromatic carbocycles. The standard InChI is InChI=1S/C24H24FN3O2/c1-13-7-8-20(26-12-13)28-24(30)21-15(3)27-18-9-14(2)10-19(29)23(18)22(21)16-5-4-6-17(25)11-16/h4-8,11-12,14,22,27H,9-10H2,1-3H3,(H,26,28,30)/t14-,22-/m1/s1. The van der Waals surface area contributed by atoms with E-state index in [9.17, 15) is 14.0 Å². The zero-order valence-electron chi connectivity index (χ0n) is 17.3. The van der Waals surface area contributed by atoms with Gasteiger partial charge in [0.2, 0.25) is 0 Å². The topological polar surface area (TPSA) is 71.1 Å². The Balaban J connectivity index is 1.79. The van der Waals surface area contributed by atoms with E-state index >= 15 is 0 Å². The predicted molar refractivity (Wildman–Crippen MR) is 113 cm³/mol. The highest BCUT2D eigenvalue weighted by atomic mass is 19.1. The van der Waals surface area contributed by atoms with Crippen molar-refractivity contribution in [3.05, 3.63) is 82.1 Å². The maximum Gasteiger partial charge on any atom is 0.255 e. The Morgan fingerprint density at radius 2 is 2.00 bits per heavy atom. The van der Waals surface area contributed by atoms with Crippen LogP contribution in [0.15, 0.2) is 65.1 Å². The average Bonchev–Trinajstić information content (AvgIpc) is 2.68. The SMILES string of the molecule is CC1=C(C(=O)Nc2ccc(C)cn2)[C@@H](c2cccc(F)c2)C2=C(C[C@@H](C)CC2=O)N1. The number of hydrogen-bond acceptors (Lipinski definition) is 4. The molecule has 2 aromatic rings. The van der Waals surface area contributed by atoms with Crippen molar-refractivity contribution in [3.63, 3.8) is 0 Å². The first-order valence-electron chi connectivity index (χ1n) is 10.1. The minimum absolute atomic E-state index is 0.00299. The molecule has 0 fully saturated rings. The van der Waals surface area contributed by atoms with Crippen LogP contribution in [0, 0.1) is 18.7 Å². The van der Waals surface area contributed by atoms with Gasteiger partial charge < -0.3 is 10.6 Å². The number of pyridine rings is 1. The minimum Gasteiger partial charge on any atom is -0.362 e. The molecule has 2 heterocycles. The van der Waals surface area contributed by atoms with Crippen LogP contribution in [-0.4, -0.2) is 16.7 Å². The molecular formula is C24H24FN3O2. The normalized spacial score (nSPS) is 21.3. The van der Waals surface area contributed by atoms with Crippen molar-refractivity contribution in [3.8, 4) is 0 Å². The van der Waals surface area contributed by atoms with Crippen LogP contribution in [0.5, 0.6) is 0 Å². The van der Waals surface area contributed by atoms with Crippen molar-refractivity contribution in [2.75, 3.05) is 5.32 Å². The van der Waals surface area contributed by atoms with Gasteiger partial charge in [0.25, 0.3) is 5.91 Å². The van der Waals surface area contributed by atoms with Crippen LogP contribution in [0.4, 0.5) is 10.2 Å². The lowest BCUT2D eigenvalue weighted by Gasteiger charge is -2.36. The van der Waals surface area contributed by atoms with E-state index in [1.807, 2.05) is 26.8 Å². The van der Waals surface area contributed by atoms with Gasteiger partial charge in [-0.1, -0.05) is 25.1 Å². The number of Topliss-reactive ketones (excluding diaryl/α,β-unsaturated/α-hetero) is 1. The van der Waals surface area contributed by atoms with Crippen molar-refractivity contribution in [2.45, 2.75) is 39.5 Å². The second-order valence-electron chi connectivity index (χ2n) is 8.16. The number of allylic oxidation sites excluding steroid dienone is 3. The summed E-state index contributed by atoms with van der Waals surface area (Å²) in [6.07, 6.45) is 2.81. The van der Waals surface area contributed by atoms with Crippen LogP contribution < -0.4 is 10.6 Å². The van der Waals surface area contributed by atoms with Gasteiger partial charge in [-0.05, 0) is 55.5 Å². The van der Waals surface area contributed by atoms with E-state index in [-0.39, 0.29) is 17.6 Å². The average molecular weight is 405 g/mol. The van der Waals surface area contributed by atoms with E-state index < -0.39 is 11.7 Å². The molecule has 2 N–H and O–H groups in total. The Morgan fingerprint density at radius 3 is 2.70 bits per heavy atom. The summed E-state index contributed by atoms with van der Waals surface area (Å²) in [5.74, 6) is -0.741. The molecule has 0 spiro atoms. The molecule has 0 bridgehead atoms. The number of carbonyl (C=O) groups excluding carboxylic acids is 2. The number of rotatable bonds is 3. The van der Waals surface area contributed by atoms with E-state index in [4.69, 9.17) is 0 Å². The van der Waals surface area contributed by atoms with Gasteiger partial charge >= 0.3 is 0 Å². The molecule has 4 rings (SSSR count). The summed E-state index contributed by atoms with van der Waals surface area (Å²) in [6.45, 7) is 5.77. The maximum absolute atomic E-state index is 14.1. The largest absolute Gasteiger partial charge is 0.362 e. The number of halogens is 1. The summed E-state index contributed by atoms with van der Waals surface area (Å²) >= 11 is 0. The van der Waals surface area contributed by atoms with Crippen LogP contribution in [0.3, 0.4) is 0 Å². The fourth-order valence-corrected chi connectivity index (χ4v) is 4.28. The lowest BCUT2D eigenvalue weighted by atomic mass is 9.73. The summed E-state index contributed by atoms with van der Waals surface area (Å²) < 4.78 is 14.1. The second kappa shape index (κ2) is 7.86. The van der Waals surface area contributed by atoms with Gasteiger partial charge in [0, 0.05) is 41.1 Å².